The van der Waals surface area contributed by atoms with E-state index in [4.69, 9.17) is 27.7 Å². The lowest BCUT2D eigenvalue weighted by Gasteiger charge is -1.99. The van der Waals surface area contributed by atoms with E-state index < -0.39 is 0 Å². The highest BCUT2D eigenvalue weighted by Gasteiger charge is 2.14. The molecule has 0 atom stereocenters. The Balaban J connectivity index is 2.01. The molecule has 0 aliphatic carbocycles. The highest BCUT2D eigenvalue weighted by molar-refractivity contribution is 9.10. The van der Waals surface area contributed by atoms with E-state index in [0.29, 0.717) is 27.0 Å². The van der Waals surface area contributed by atoms with Crippen LogP contribution in [0, 0.1) is 0 Å². The smallest absolute Gasteiger partial charge is 0.261 e. The summed E-state index contributed by atoms with van der Waals surface area (Å²) >= 11 is 15.1. The van der Waals surface area contributed by atoms with E-state index in [0.717, 1.165) is 4.47 Å². The molecular formula is C14H7BrCl2N2O2. The van der Waals surface area contributed by atoms with E-state index >= 15 is 0 Å². The molecule has 0 saturated carbocycles. The van der Waals surface area contributed by atoms with Crippen LogP contribution in [0.5, 0.6) is 5.75 Å². The highest BCUT2D eigenvalue weighted by atomic mass is 79.9. The Morgan fingerprint density at radius 2 is 1.86 bits per heavy atom. The molecule has 0 unspecified atom stereocenters. The van der Waals surface area contributed by atoms with Crippen LogP contribution in [-0.4, -0.2) is 15.2 Å². The topological polar surface area (TPSA) is 59.2 Å². The van der Waals surface area contributed by atoms with E-state index in [9.17, 15) is 5.11 Å². The summed E-state index contributed by atoms with van der Waals surface area (Å²) in [6.45, 7) is 0. The standard InChI is InChI=1S/C14H7BrCl2N2O2/c15-8-2-3-9(12(20)6-8)14-18-13(19-21-14)7-1-4-10(16)11(17)5-7/h1-6,20H. The minimum absolute atomic E-state index is 0.0497. The largest absolute Gasteiger partial charge is 0.507 e. The van der Waals surface area contributed by atoms with Gasteiger partial charge in [0.2, 0.25) is 5.82 Å². The monoisotopic (exact) mass is 384 g/mol. The maximum atomic E-state index is 9.91. The second-order valence-corrected chi connectivity index (χ2v) is 5.94. The molecule has 0 radical (unpaired) electrons. The molecule has 1 N–H and O–H groups in total. The molecule has 0 aliphatic heterocycles. The Hall–Kier alpha value is -1.56. The molecule has 7 heteroatoms. The van der Waals surface area contributed by atoms with Gasteiger partial charge in [0, 0.05) is 10.0 Å². The van der Waals surface area contributed by atoms with Gasteiger partial charge in [-0.25, -0.2) is 0 Å². The molecule has 1 aromatic heterocycles. The number of hydrogen-bond donors (Lipinski definition) is 1. The molecule has 2 aromatic carbocycles. The summed E-state index contributed by atoms with van der Waals surface area (Å²) in [6.07, 6.45) is 0. The van der Waals surface area contributed by atoms with Crippen molar-refractivity contribution in [1.82, 2.24) is 10.1 Å². The first kappa shape index (κ1) is 14.4. The summed E-state index contributed by atoms with van der Waals surface area (Å²) < 4.78 is 5.94. The highest BCUT2D eigenvalue weighted by Crippen LogP contribution is 2.32. The molecule has 21 heavy (non-hydrogen) atoms. The van der Waals surface area contributed by atoms with Gasteiger partial charge in [0.15, 0.2) is 0 Å². The van der Waals surface area contributed by atoms with Crippen LogP contribution in [0.2, 0.25) is 10.0 Å². The number of nitrogens with zero attached hydrogens (tertiary/aromatic N) is 2. The fourth-order valence-electron chi connectivity index (χ4n) is 1.77. The van der Waals surface area contributed by atoms with E-state index in [1.807, 2.05) is 0 Å². The SMILES string of the molecule is Oc1cc(Br)ccc1-c1nc(-c2ccc(Cl)c(Cl)c2)no1. The summed E-state index contributed by atoms with van der Waals surface area (Å²) in [7, 11) is 0. The Morgan fingerprint density at radius 1 is 1.05 bits per heavy atom. The third-order valence-electron chi connectivity index (χ3n) is 2.79. The fourth-order valence-corrected chi connectivity index (χ4v) is 2.42. The molecule has 0 bridgehead atoms. The molecule has 4 nitrogen and oxygen atoms in total. The summed E-state index contributed by atoms with van der Waals surface area (Å²) in [5.41, 5.74) is 1.13. The van der Waals surface area contributed by atoms with Gasteiger partial charge in [0.25, 0.3) is 5.89 Å². The van der Waals surface area contributed by atoms with Crippen molar-refractivity contribution in [3.8, 4) is 28.6 Å². The van der Waals surface area contributed by atoms with Crippen LogP contribution in [0.15, 0.2) is 45.4 Å². The summed E-state index contributed by atoms with van der Waals surface area (Å²) in [6, 6.07) is 10.1. The lowest BCUT2D eigenvalue weighted by Crippen LogP contribution is -1.82. The Morgan fingerprint density at radius 3 is 2.57 bits per heavy atom. The molecule has 0 amide bonds. The normalized spacial score (nSPS) is 10.8. The molecule has 0 fully saturated rings. The van der Waals surface area contributed by atoms with Gasteiger partial charge in [0.05, 0.1) is 15.6 Å². The summed E-state index contributed by atoms with van der Waals surface area (Å²) in [5, 5.41) is 14.7. The van der Waals surface area contributed by atoms with E-state index in [1.54, 1.807) is 36.4 Å². The van der Waals surface area contributed by atoms with Crippen molar-refractivity contribution in [2.45, 2.75) is 0 Å². The third kappa shape index (κ3) is 2.90. The lowest BCUT2D eigenvalue weighted by molar-refractivity contribution is 0.425. The second kappa shape index (κ2) is 5.67. The van der Waals surface area contributed by atoms with Gasteiger partial charge in [-0.3, -0.25) is 0 Å². The van der Waals surface area contributed by atoms with Crippen LogP contribution < -0.4 is 0 Å². The van der Waals surface area contributed by atoms with Crippen molar-refractivity contribution in [2.24, 2.45) is 0 Å². The maximum Gasteiger partial charge on any atom is 0.261 e. The number of rotatable bonds is 2. The quantitative estimate of drug-likeness (QED) is 0.660. The first-order chi connectivity index (χ1) is 10.0. The molecule has 106 valence electrons. The zero-order chi connectivity index (χ0) is 15.0. The first-order valence-corrected chi connectivity index (χ1v) is 7.37. The van der Waals surface area contributed by atoms with Crippen molar-refractivity contribution in [3.63, 3.8) is 0 Å². The van der Waals surface area contributed by atoms with Crippen molar-refractivity contribution < 1.29 is 9.63 Å². The Kier molecular flexibility index (Phi) is 3.89. The fraction of sp³-hybridized carbons (Fsp3) is 0. The molecule has 0 spiro atoms. The van der Waals surface area contributed by atoms with Crippen LogP contribution in [-0.2, 0) is 0 Å². The zero-order valence-corrected chi connectivity index (χ0v) is 13.4. The van der Waals surface area contributed by atoms with E-state index in [2.05, 4.69) is 26.1 Å². The van der Waals surface area contributed by atoms with Crippen LogP contribution >= 0.6 is 39.1 Å². The second-order valence-electron chi connectivity index (χ2n) is 4.21. The summed E-state index contributed by atoms with van der Waals surface area (Å²) in [4.78, 5) is 4.26. The molecular weight excluding hydrogens is 379 g/mol. The van der Waals surface area contributed by atoms with Crippen molar-refractivity contribution in [2.75, 3.05) is 0 Å². The minimum atomic E-state index is 0.0497. The van der Waals surface area contributed by atoms with Crippen molar-refractivity contribution >= 4 is 39.1 Å². The Bertz CT molecular complexity index is 820. The van der Waals surface area contributed by atoms with Gasteiger partial charge in [-0.2, -0.15) is 4.98 Å². The first-order valence-electron chi connectivity index (χ1n) is 5.82. The number of hydrogen-bond acceptors (Lipinski definition) is 4. The van der Waals surface area contributed by atoms with E-state index in [1.165, 1.54) is 0 Å². The lowest BCUT2D eigenvalue weighted by atomic mass is 10.2. The third-order valence-corrected chi connectivity index (χ3v) is 4.03. The molecule has 3 rings (SSSR count). The summed E-state index contributed by atoms with van der Waals surface area (Å²) in [5.74, 6) is 0.640. The molecule has 3 aromatic rings. The van der Waals surface area contributed by atoms with Gasteiger partial charge in [-0.1, -0.05) is 44.3 Å². The number of phenolic OH excluding ortho intramolecular Hbond substituents is 1. The van der Waals surface area contributed by atoms with Gasteiger partial charge in [0.1, 0.15) is 5.75 Å². The van der Waals surface area contributed by atoms with Gasteiger partial charge in [-0.15, -0.1) is 0 Å². The predicted octanol–water partition coefficient (Wildman–Crippen LogP) is 5.18. The average molecular weight is 386 g/mol. The number of aromatic hydroxyl groups is 1. The number of benzene rings is 2. The zero-order valence-electron chi connectivity index (χ0n) is 10.3. The van der Waals surface area contributed by atoms with Crippen LogP contribution in [0.4, 0.5) is 0 Å². The Labute approximate surface area is 138 Å². The predicted molar refractivity (Wildman–Crippen MR) is 84.6 cm³/mol. The molecule has 0 saturated heterocycles. The van der Waals surface area contributed by atoms with Crippen LogP contribution in [0.3, 0.4) is 0 Å². The number of halogens is 3. The average Bonchev–Trinajstić information content (AvgIpc) is 2.91. The number of aromatic nitrogens is 2. The van der Waals surface area contributed by atoms with Crippen molar-refractivity contribution in [1.29, 1.82) is 0 Å². The van der Waals surface area contributed by atoms with E-state index in [-0.39, 0.29) is 11.6 Å². The van der Waals surface area contributed by atoms with Crippen LogP contribution in [0.1, 0.15) is 0 Å². The minimum Gasteiger partial charge on any atom is -0.507 e. The maximum absolute atomic E-state index is 9.91. The molecule has 1 heterocycles. The number of phenols is 1. The van der Waals surface area contributed by atoms with Gasteiger partial charge < -0.3 is 9.63 Å². The van der Waals surface area contributed by atoms with Crippen LogP contribution in [0.25, 0.3) is 22.8 Å². The van der Waals surface area contributed by atoms with Gasteiger partial charge in [-0.05, 0) is 36.4 Å². The van der Waals surface area contributed by atoms with Crippen molar-refractivity contribution in [3.05, 3.63) is 50.9 Å². The molecule has 0 aliphatic rings. The van der Waals surface area contributed by atoms with Gasteiger partial charge >= 0.3 is 0 Å².